The summed E-state index contributed by atoms with van der Waals surface area (Å²) < 4.78 is 25.3. The number of halogens is 3. The summed E-state index contributed by atoms with van der Waals surface area (Å²) in [4.78, 5) is 12.1. The van der Waals surface area contributed by atoms with E-state index in [2.05, 4.69) is 0 Å². The van der Waals surface area contributed by atoms with Gasteiger partial charge in [0.1, 0.15) is 5.78 Å². The zero-order chi connectivity index (χ0) is 12.5. The van der Waals surface area contributed by atoms with Gasteiger partial charge in [-0.2, -0.15) is 0 Å². The minimum atomic E-state index is -2.33. The van der Waals surface area contributed by atoms with E-state index in [1.807, 2.05) is 20.8 Å². The van der Waals surface area contributed by atoms with Gasteiger partial charge in [0, 0.05) is 22.6 Å². The highest BCUT2D eigenvalue weighted by Crippen LogP contribution is 2.39. The average molecular weight is 253 g/mol. The molecule has 3 unspecified atom stereocenters. The molecule has 1 saturated carbocycles. The molecule has 0 saturated heterocycles. The lowest BCUT2D eigenvalue weighted by Gasteiger charge is -2.35. The summed E-state index contributed by atoms with van der Waals surface area (Å²) in [6.45, 7) is 5.43. The molecule has 1 aliphatic carbocycles. The van der Waals surface area contributed by atoms with E-state index in [-0.39, 0.29) is 17.6 Å². The number of carbonyl (C=O) groups excluding carboxylic acids is 1. The van der Waals surface area contributed by atoms with Gasteiger partial charge in [0.05, 0.1) is 0 Å². The Labute approximate surface area is 101 Å². The third kappa shape index (κ3) is 3.16. The molecule has 16 heavy (non-hydrogen) atoms. The zero-order valence-corrected chi connectivity index (χ0v) is 10.7. The van der Waals surface area contributed by atoms with E-state index in [1.54, 1.807) is 0 Å². The van der Waals surface area contributed by atoms with Crippen LogP contribution in [0.5, 0.6) is 0 Å². The zero-order valence-electron chi connectivity index (χ0n) is 9.97. The maximum atomic E-state index is 12.6. The van der Waals surface area contributed by atoms with Crippen molar-refractivity contribution >= 4 is 17.4 Å². The van der Waals surface area contributed by atoms with Gasteiger partial charge in [-0.3, -0.25) is 4.79 Å². The molecule has 0 aliphatic heterocycles. The van der Waals surface area contributed by atoms with Crippen molar-refractivity contribution in [2.24, 2.45) is 17.3 Å². The Kier molecular flexibility index (Phi) is 4.33. The van der Waals surface area contributed by atoms with Crippen molar-refractivity contribution in [2.75, 3.05) is 0 Å². The first kappa shape index (κ1) is 13.9. The second kappa shape index (κ2) is 4.99. The Hall–Kier alpha value is -0.180. The number of Topliss-reactive ketones (excluding diaryl/α,β-unsaturated/α-hetero) is 1. The van der Waals surface area contributed by atoms with Crippen molar-refractivity contribution in [3.8, 4) is 0 Å². The highest BCUT2D eigenvalue weighted by Gasteiger charge is 2.40. The van der Waals surface area contributed by atoms with E-state index in [4.69, 9.17) is 11.6 Å². The monoisotopic (exact) mass is 252 g/mol. The van der Waals surface area contributed by atoms with Crippen molar-refractivity contribution in [2.45, 2.75) is 51.8 Å². The van der Waals surface area contributed by atoms with E-state index in [0.717, 1.165) is 0 Å². The van der Waals surface area contributed by atoms with E-state index in [1.165, 1.54) is 0 Å². The Morgan fingerprint density at radius 3 is 2.31 bits per heavy atom. The molecule has 0 aromatic heterocycles. The van der Waals surface area contributed by atoms with Crippen LogP contribution >= 0.6 is 11.6 Å². The minimum absolute atomic E-state index is 0.0119. The van der Waals surface area contributed by atoms with Gasteiger partial charge in [0.25, 0.3) is 0 Å². The van der Waals surface area contributed by atoms with E-state index in [9.17, 15) is 13.6 Å². The molecule has 0 bridgehead atoms. The first-order valence-corrected chi connectivity index (χ1v) is 6.13. The predicted molar refractivity (Wildman–Crippen MR) is 60.9 cm³/mol. The van der Waals surface area contributed by atoms with E-state index >= 15 is 0 Å². The fraction of sp³-hybridized carbons (Fsp3) is 0.917. The van der Waals surface area contributed by atoms with Gasteiger partial charge in [-0.15, -0.1) is 11.6 Å². The number of hydrogen-bond donors (Lipinski definition) is 0. The summed E-state index contributed by atoms with van der Waals surface area (Å²) in [5.41, 5.74) is -0.498. The quantitative estimate of drug-likeness (QED) is 0.682. The van der Waals surface area contributed by atoms with Crippen molar-refractivity contribution in [1.29, 1.82) is 0 Å². The molecule has 3 atom stereocenters. The maximum Gasteiger partial charge on any atom is 0.241 e. The van der Waals surface area contributed by atoms with Crippen LogP contribution in [0.1, 0.15) is 40.0 Å². The molecule has 94 valence electrons. The molecule has 1 fully saturated rings. The summed E-state index contributed by atoms with van der Waals surface area (Å²) >= 11 is 6.09. The molecule has 0 radical (unpaired) electrons. The van der Waals surface area contributed by atoms with Gasteiger partial charge in [0.2, 0.25) is 6.43 Å². The third-order valence-electron chi connectivity index (χ3n) is 3.24. The van der Waals surface area contributed by atoms with Crippen LogP contribution in [0, 0.1) is 17.3 Å². The number of ketones is 1. The molecule has 1 nitrogen and oxygen atoms in total. The number of rotatable bonds is 2. The first-order chi connectivity index (χ1) is 7.23. The molecule has 0 aromatic rings. The van der Waals surface area contributed by atoms with Crippen LogP contribution in [0.25, 0.3) is 0 Å². The molecule has 0 N–H and O–H groups in total. The lowest BCUT2D eigenvalue weighted by molar-refractivity contribution is -0.132. The number of carbonyl (C=O) groups is 1. The first-order valence-electron chi connectivity index (χ1n) is 5.70. The van der Waals surface area contributed by atoms with Gasteiger partial charge < -0.3 is 0 Å². The third-order valence-corrected chi connectivity index (χ3v) is 3.76. The lowest BCUT2D eigenvalue weighted by Crippen LogP contribution is -2.39. The molecule has 1 rings (SSSR count). The molecular formula is C12H19ClF2O. The summed E-state index contributed by atoms with van der Waals surface area (Å²) in [6, 6.07) is 0. The Balaban J connectivity index is 2.74. The average Bonchev–Trinajstić information content (AvgIpc) is 2.15. The van der Waals surface area contributed by atoms with Gasteiger partial charge in [-0.1, -0.05) is 20.8 Å². The van der Waals surface area contributed by atoms with Crippen LogP contribution in [0.3, 0.4) is 0 Å². The van der Waals surface area contributed by atoms with Crippen LogP contribution in [0.4, 0.5) is 8.78 Å². The maximum absolute atomic E-state index is 12.6. The van der Waals surface area contributed by atoms with Crippen LogP contribution in [-0.4, -0.2) is 17.6 Å². The van der Waals surface area contributed by atoms with Crippen LogP contribution in [-0.2, 0) is 4.79 Å². The minimum Gasteiger partial charge on any atom is -0.299 e. The molecule has 0 heterocycles. The Morgan fingerprint density at radius 2 is 1.88 bits per heavy atom. The normalized spacial score (nSPS) is 31.8. The Bertz CT molecular complexity index is 260. The fourth-order valence-corrected chi connectivity index (χ4v) is 2.57. The molecule has 0 amide bonds. The predicted octanol–water partition coefficient (Wildman–Crippen LogP) is 3.89. The summed E-state index contributed by atoms with van der Waals surface area (Å²) in [5.74, 6) is -1.06. The highest BCUT2D eigenvalue weighted by molar-refractivity contribution is 6.22. The molecule has 0 aromatic carbocycles. The van der Waals surface area contributed by atoms with E-state index < -0.39 is 23.7 Å². The number of hydrogen-bond acceptors (Lipinski definition) is 1. The molecule has 0 spiro atoms. The SMILES string of the molecule is CC(C)(C)C(=O)C1CC(C(F)F)CCC1Cl. The molecule has 1 aliphatic rings. The second-order valence-corrected chi connectivity index (χ2v) is 6.20. The molecular weight excluding hydrogens is 234 g/mol. The molecule has 4 heteroatoms. The van der Waals surface area contributed by atoms with Crippen molar-refractivity contribution < 1.29 is 13.6 Å². The lowest BCUT2D eigenvalue weighted by atomic mass is 9.73. The van der Waals surface area contributed by atoms with Gasteiger partial charge in [-0.05, 0) is 19.3 Å². The van der Waals surface area contributed by atoms with Gasteiger partial charge >= 0.3 is 0 Å². The van der Waals surface area contributed by atoms with Gasteiger partial charge in [-0.25, -0.2) is 8.78 Å². The topological polar surface area (TPSA) is 17.1 Å². The Morgan fingerprint density at radius 1 is 1.31 bits per heavy atom. The second-order valence-electron chi connectivity index (χ2n) is 5.64. The summed E-state index contributed by atoms with van der Waals surface area (Å²) in [6.07, 6.45) is -1.15. The largest absolute Gasteiger partial charge is 0.299 e. The smallest absolute Gasteiger partial charge is 0.241 e. The standard InChI is InChI=1S/C12H19ClF2O/c1-12(2,3)10(16)8-6-7(11(14)15)4-5-9(8)13/h7-9,11H,4-6H2,1-3H3. The summed E-state index contributed by atoms with van der Waals surface area (Å²) in [5, 5.41) is -0.276. The van der Waals surface area contributed by atoms with Crippen molar-refractivity contribution in [3.63, 3.8) is 0 Å². The van der Waals surface area contributed by atoms with Crippen molar-refractivity contribution in [3.05, 3.63) is 0 Å². The number of alkyl halides is 3. The summed E-state index contributed by atoms with van der Waals surface area (Å²) in [7, 11) is 0. The van der Waals surface area contributed by atoms with Crippen molar-refractivity contribution in [1.82, 2.24) is 0 Å². The van der Waals surface area contributed by atoms with Crippen LogP contribution in [0.15, 0.2) is 0 Å². The fourth-order valence-electron chi connectivity index (χ4n) is 2.22. The highest BCUT2D eigenvalue weighted by atomic mass is 35.5. The van der Waals surface area contributed by atoms with Gasteiger partial charge in [0.15, 0.2) is 0 Å². The van der Waals surface area contributed by atoms with Crippen LogP contribution in [0.2, 0.25) is 0 Å². The van der Waals surface area contributed by atoms with Crippen LogP contribution < -0.4 is 0 Å². The van der Waals surface area contributed by atoms with E-state index in [0.29, 0.717) is 12.8 Å².